The summed E-state index contributed by atoms with van der Waals surface area (Å²) in [7, 11) is 0. The highest BCUT2D eigenvalue weighted by molar-refractivity contribution is 5.85. The topological polar surface area (TPSA) is 43.3 Å². The summed E-state index contributed by atoms with van der Waals surface area (Å²) in [6.45, 7) is 0. The Morgan fingerprint density at radius 1 is 1.50 bits per heavy atom. The molecule has 2 aromatic rings. The SMILES string of the molecule is Cl.Nc1cc(F)c2nccn2c1. The number of anilines is 1. The molecule has 2 aromatic heterocycles. The van der Waals surface area contributed by atoms with Crippen molar-refractivity contribution in [2.24, 2.45) is 0 Å². The fraction of sp³-hybridized carbons (Fsp3) is 0. The number of nitrogens with zero attached hydrogens (tertiary/aromatic N) is 2. The second-order valence-corrected chi connectivity index (χ2v) is 2.28. The van der Waals surface area contributed by atoms with E-state index in [1.807, 2.05) is 0 Å². The number of rotatable bonds is 0. The Bertz CT molecular complexity index is 398. The summed E-state index contributed by atoms with van der Waals surface area (Å²) in [5.74, 6) is -0.394. The maximum Gasteiger partial charge on any atom is 0.173 e. The van der Waals surface area contributed by atoms with Gasteiger partial charge in [0.15, 0.2) is 11.5 Å². The van der Waals surface area contributed by atoms with Crippen molar-refractivity contribution in [2.75, 3.05) is 5.73 Å². The Kier molecular flexibility index (Phi) is 2.19. The highest BCUT2D eigenvalue weighted by Gasteiger charge is 2.01. The third-order valence-electron chi connectivity index (χ3n) is 1.46. The van der Waals surface area contributed by atoms with Crippen LogP contribution in [0, 0.1) is 5.82 Å². The minimum atomic E-state index is -0.394. The zero-order chi connectivity index (χ0) is 7.84. The van der Waals surface area contributed by atoms with Crippen LogP contribution >= 0.6 is 12.4 Å². The first-order valence-electron chi connectivity index (χ1n) is 3.15. The second-order valence-electron chi connectivity index (χ2n) is 2.28. The number of aromatic nitrogens is 2. The van der Waals surface area contributed by atoms with Crippen LogP contribution in [0.2, 0.25) is 0 Å². The van der Waals surface area contributed by atoms with E-state index in [9.17, 15) is 4.39 Å². The number of hydrogen-bond acceptors (Lipinski definition) is 2. The van der Waals surface area contributed by atoms with Crippen molar-refractivity contribution in [3.05, 3.63) is 30.5 Å². The molecule has 5 heteroatoms. The van der Waals surface area contributed by atoms with E-state index in [1.165, 1.54) is 12.3 Å². The van der Waals surface area contributed by atoms with Gasteiger partial charge in [-0.2, -0.15) is 0 Å². The molecule has 0 atom stereocenters. The maximum atomic E-state index is 12.9. The van der Waals surface area contributed by atoms with Crippen LogP contribution < -0.4 is 5.73 Å². The fourth-order valence-electron chi connectivity index (χ4n) is 1.01. The van der Waals surface area contributed by atoms with E-state index in [4.69, 9.17) is 5.73 Å². The summed E-state index contributed by atoms with van der Waals surface area (Å²) in [6.07, 6.45) is 4.79. The number of nitrogens with two attached hydrogens (primary N) is 1. The molecule has 2 heterocycles. The maximum absolute atomic E-state index is 12.9. The van der Waals surface area contributed by atoms with Crippen LogP contribution in [0.15, 0.2) is 24.7 Å². The predicted octanol–water partition coefficient (Wildman–Crippen LogP) is 1.48. The van der Waals surface area contributed by atoms with Crippen LogP contribution in [-0.2, 0) is 0 Å². The third-order valence-corrected chi connectivity index (χ3v) is 1.46. The summed E-state index contributed by atoms with van der Waals surface area (Å²) in [4.78, 5) is 3.79. The minimum absolute atomic E-state index is 0. The van der Waals surface area contributed by atoms with E-state index in [1.54, 1.807) is 16.8 Å². The average molecular weight is 188 g/mol. The summed E-state index contributed by atoms with van der Waals surface area (Å²) in [5.41, 5.74) is 6.10. The van der Waals surface area contributed by atoms with Crippen LogP contribution in [0.5, 0.6) is 0 Å². The van der Waals surface area contributed by atoms with Gasteiger partial charge in [-0.25, -0.2) is 9.37 Å². The van der Waals surface area contributed by atoms with Crippen LogP contribution in [0.25, 0.3) is 5.65 Å². The largest absolute Gasteiger partial charge is 0.397 e. The summed E-state index contributed by atoms with van der Waals surface area (Å²) in [5, 5.41) is 0. The van der Waals surface area contributed by atoms with Gasteiger partial charge in [0.25, 0.3) is 0 Å². The second kappa shape index (κ2) is 2.98. The minimum Gasteiger partial charge on any atom is -0.397 e. The van der Waals surface area contributed by atoms with E-state index in [0.29, 0.717) is 11.3 Å². The number of nitrogen functional groups attached to an aromatic ring is 1. The first-order valence-corrected chi connectivity index (χ1v) is 3.15. The van der Waals surface area contributed by atoms with Crippen molar-refractivity contribution < 1.29 is 4.39 Å². The number of fused-ring (bicyclic) bond motifs is 1. The normalized spacial score (nSPS) is 9.75. The van der Waals surface area contributed by atoms with Crippen LogP contribution in [0.1, 0.15) is 0 Å². The van der Waals surface area contributed by atoms with Crippen molar-refractivity contribution in [2.45, 2.75) is 0 Å². The van der Waals surface area contributed by atoms with Gasteiger partial charge in [-0.05, 0) is 0 Å². The molecule has 0 aliphatic rings. The molecule has 0 spiro atoms. The first-order chi connectivity index (χ1) is 5.27. The Morgan fingerprint density at radius 2 is 2.25 bits per heavy atom. The van der Waals surface area contributed by atoms with E-state index < -0.39 is 5.82 Å². The first kappa shape index (κ1) is 8.80. The van der Waals surface area contributed by atoms with E-state index >= 15 is 0 Å². The Hall–Kier alpha value is -1.29. The molecule has 0 saturated heterocycles. The van der Waals surface area contributed by atoms with Gasteiger partial charge in [-0.3, -0.25) is 0 Å². The zero-order valence-corrected chi connectivity index (χ0v) is 6.88. The molecule has 0 amide bonds. The molecular formula is C7H7ClFN3. The molecule has 2 N–H and O–H groups in total. The molecule has 0 radical (unpaired) electrons. The number of imidazole rings is 1. The molecule has 12 heavy (non-hydrogen) atoms. The van der Waals surface area contributed by atoms with Crippen LogP contribution in [-0.4, -0.2) is 9.38 Å². The molecule has 2 rings (SSSR count). The lowest BCUT2D eigenvalue weighted by molar-refractivity contribution is 0.631. The lowest BCUT2D eigenvalue weighted by atomic mass is 10.4. The fourth-order valence-corrected chi connectivity index (χ4v) is 1.01. The number of hydrogen-bond donors (Lipinski definition) is 1. The smallest absolute Gasteiger partial charge is 0.173 e. The lowest BCUT2D eigenvalue weighted by Crippen LogP contribution is -1.92. The summed E-state index contributed by atoms with van der Waals surface area (Å²) >= 11 is 0. The lowest BCUT2D eigenvalue weighted by Gasteiger charge is -1.96. The van der Waals surface area contributed by atoms with Crippen molar-refractivity contribution in [3.8, 4) is 0 Å². The van der Waals surface area contributed by atoms with Gasteiger partial charge < -0.3 is 10.1 Å². The highest BCUT2D eigenvalue weighted by atomic mass is 35.5. The van der Waals surface area contributed by atoms with Crippen molar-refractivity contribution in [1.29, 1.82) is 0 Å². The van der Waals surface area contributed by atoms with Gasteiger partial charge in [0.1, 0.15) is 0 Å². The molecule has 0 fully saturated rings. The molecular weight excluding hydrogens is 181 g/mol. The number of pyridine rings is 1. The highest BCUT2D eigenvalue weighted by Crippen LogP contribution is 2.10. The monoisotopic (exact) mass is 187 g/mol. The molecule has 64 valence electrons. The standard InChI is InChI=1S/C7H6FN3.ClH/c8-6-3-5(9)4-11-2-1-10-7(6)11;/h1-4H,9H2;1H. The third kappa shape index (κ3) is 1.21. The van der Waals surface area contributed by atoms with Gasteiger partial charge in [0.05, 0.1) is 5.69 Å². The molecule has 3 nitrogen and oxygen atoms in total. The van der Waals surface area contributed by atoms with Crippen molar-refractivity contribution >= 4 is 23.7 Å². The Morgan fingerprint density at radius 3 is 3.00 bits per heavy atom. The Balaban J connectivity index is 0.000000720. The number of halogens is 2. The molecule has 0 unspecified atom stereocenters. The van der Waals surface area contributed by atoms with Gasteiger partial charge in [0, 0.05) is 24.7 Å². The van der Waals surface area contributed by atoms with E-state index in [-0.39, 0.29) is 12.4 Å². The summed E-state index contributed by atoms with van der Waals surface area (Å²) < 4.78 is 14.5. The zero-order valence-electron chi connectivity index (χ0n) is 6.07. The van der Waals surface area contributed by atoms with Gasteiger partial charge in [0.2, 0.25) is 0 Å². The van der Waals surface area contributed by atoms with Crippen LogP contribution in [0.4, 0.5) is 10.1 Å². The van der Waals surface area contributed by atoms with Crippen LogP contribution in [0.3, 0.4) is 0 Å². The molecule has 0 bridgehead atoms. The van der Waals surface area contributed by atoms with Crippen molar-refractivity contribution in [1.82, 2.24) is 9.38 Å². The van der Waals surface area contributed by atoms with Gasteiger partial charge >= 0.3 is 0 Å². The quantitative estimate of drug-likeness (QED) is 0.679. The molecule has 0 saturated carbocycles. The van der Waals surface area contributed by atoms with E-state index in [2.05, 4.69) is 4.98 Å². The van der Waals surface area contributed by atoms with Gasteiger partial charge in [-0.1, -0.05) is 0 Å². The predicted molar refractivity (Wildman–Crippen MR) is 46.8 cm³/mol. The average Bonchev–Trinajstić information content (AvgIpc) is 2.34. The Labute approximate surface area is 74.4 Å². The molecule has 0 aliphatic carbocycles. The summed E-state index contributed by atoms with van der Waals surface area (Å²) in [6, 6.07) is 1.25. The molecule has 0 aliphatic heterocycles. The molecule has 0 aromatic carbocycles. The van der Waals surface area contributed by atoms with Gasteiger partial charge in [-0.15, -0.1) is 12.4 Å². The van der Waals surface area contributed by atoms with E-state index in [0.717, 1.165) is 0 Å². The van der Waals surface area contributed by atoms with Crippen molar-refractivity contribution in [3.63, 3.8) is 0 Å².